The fraction of sp³-hybridized carbons (Fsp3) is 0.478. The van der Waals surface area contributed by atoms with Crippen LogP contribution in [-0.2, 0) is 22.3 Å². The number of rotatable bonds is 2. The molecule has 2 aromatic rings. The highest BCUT2D eigenvalue weighted by molar-refractivity contribution is 5.88. The molecule has 1 fully saturated rings. The van der Waals surface area contributed by atoms with E-state index < -0.39 is 29.5 Å². The highest BCUT2D eigenvalue weighted by Crippen LogP contribution is 2.37. The first-order valence-corrected chi connectivity index (χ1v) is 10.8. The standard InChI is InChI=1S/C23H25F3N4O3/c1-22(2,3)33-21(32)30-13-17-16(18(30)20(31)29-9-4-5-10-29)12-27-19(28-17)14-7-6-8-15(11-14)23(24,25)26/h6-8,11-12,18H,4-5,9-10,13H2,1-3H3/t18-/m0/s1. The SMILES string of the molecule is CC(C)(C)OC(=O)N1Cc2nc(-c3cccc(C(F)(F)F)c3)ncc2[C@H]1C(=O)N1CCCC1. The summed E-state index contributed by atoms with van der Waals surface area (Å²) in [6.45, 7) is 6.42. The second kappa shape index (κ2) is 8.31. The van der Waals surface area contributed by atoms with Crippen molar-refractivity contribution in [3.8, 4) is 11.4 Å². The van der Waals surface area contributed by atoms with E-state index in [4.69, 9.17) is 4.74 Å². The summed E-state index contributed by atoms with van der Waals surface area (Å²) >= 11 is 0. The molecular formula is C23H25F3N4O3. The van der Waals surface area contributed by atoms with Crippen LogP contribution in [0, 0.1) is 0 Å². The Balaban J connectivity index is 1.70. The number of alkyl halides is 3. The molecule has 0 aliphatic carbocycles. The number of hydrogen-bond acceptors (Lipinski definition) is 5. The monoisotopic (exact) mass is 462 g/mol. The Morgan fingerprint density at radius 2 is 1.82 bits per heavy atom. The van der Waals surface area contributed by atoms with Crippen molar-refractivity contribution < 1.29 is 27.5 Å². The average molecular weight is 462 g/mol. The van der Waals surface area contributed by atoms with Crippen molar-refractivity contribution in [2.24, 2.45) is 0 Å². The maximum Gasteiger partial charge on any atom is 0.416 e. The maximum atomic E-state index is 13.3. The van der Waals surface area contributed by atoms with Gasteiger partial charge in [-0.05, 0) is 45.7 Å². The van der Waals surface area contributed by atoms with Crippen LogP contribution in [-0.4, -0.2) is 50.5 Å². The van der Waals surface area contributed by atoms with E-state index in [9.17, 15) is 22.8 Å². The molecule has 0 radical (unpaired) electrons. The van der Waals surface area contributed by atoms with Crippen LogP contribution in [0.4, 0.5) is 18.0 Å². The number of hydrogen-bond donors (Lipinski definition) is 0. The van der Waals surface area contributed by atoms with E-state index >= 15 is 0 Å². The van der Waals surface area contributed by atoms with Gasteiger partial charge in [0.2, 0.25) is 5.91 Å². The Kier molecular flexibility index (Phi) is 5.79. The number of ether oxygens (including phenoxy) is 1. The van der Waals surface area contributed by atoms with Gasteiger partial charge < -0.3 is 9.64 Å². The molecule has 1 saturated heterocycles. The van der Waals surface area contributed by atoms with Crippen LogP contribution >= 0.6 is 0 Å². The maximum absolute atomic E-state index is 13.3. The zero-order chi connectivity index (χ0) is 24.0. The number of fused-ring (bicyclic) bond motifs is 1. The van der Waals surface area contributed by atoms with Gasteiger partial charge in [-0.1, -0.05) is 12.1 Å². The Morgan fingerprint density at radius 3 is 2.45 bits per heavy atom. The molecule has 4 rings (SSSR count). The molecule has 33 heavy (non-hydrogen) atoms. The smallest absolute Gasteiger partial charge is 0.416 e. The van der Waals surface area contributed by atoms with Crippen LogP contribution in [0.15, 0.2) is 30.5 Å². The molecule has 176 valence electrons. The number of amides is 2. The third-order valence-electron chi connectivity index (χ3n) is 5.55. The van der Waals surface area contributed by atoms with Crippen molar-refractivity contribution in [3.63, 3.8) is 0 Å². The summed E-state index contributed by atoms with van der Waals surface area (Å²) in [5.41, 5.74) is -0.483. The number of likely N-dealkylation sites (tertiary alicyclic amines) is 1. The van der Waals surface area contributed by atoms with E-state index in [2.05, 4.69) is 9.97 Å². The van der Waals surface area contributed by atoms with Crippen molar-refractivity contribution in [2.45, 2.75) is 58.0 Å². The summed E-state index contributed by atoms with van der Waals surface area (Å²) in [5.74, 6) is -0.134. The molecule has 0 bridgehead atoms. The predicted octanol–water partition coefficient (Wildman–Crippen LogP) is 4.58. The van der Waals surface area contributed by atoms with Gasteiger partial charge in [-0.25, -0.2) is 14.8 Å². The number of aromatic nitrogens is 2. The van der Waals surface area contributed by atoms with Gasteiger partial charge in [0.1, 0.15) is 11.6 Å². The predicted molar refractivity (Wildman–Crippen MR) is 113 cm³/mol. The summed E-state index contributed by atoms with van der Waals surface area (Å²) in [7, 11) is 0. The van der Waals surface area contributed by atoms with Gasteiger partial charge in [-0.2, -0.15) is 13.2 Å². The van der Waals surface area contributed by atoms with Crippen molar-refractivity contribution in [3.05, 3.63) is 47.3 Å². The number of benzene rings is 1. The molecular weight excluding hydrogens is 437 g/mol. The van der Waals surface area contributed by atoms with Crippen molar-refractivity contribution in [1.82, 2.24) is 19.8 Å². The normalized spacial score (nSPS) is 18.4. The van der Waals surface area contributed by atoms with E-state index in [0.29, 0.717) is 24.3 Å². The lowest BCUT2D eigenvalue weighted by molar-refractivity contribution is -0.137. The summed E-state index contributed by atoms with van der Waals surface area (Å²) in [6.07, 6.45) is -1.93. The zero-order valence-electron chi connectivity index (χ0n) is 18.6. The van der Waals surface area contributed by atoms with Gasteiger partial charge in [0, 0.05) is 30.4 Å². The lowest BCUT2D eigenvalue weighted by atomic mass is 10.1. The Hall–Kier alpha value is -3.17. The lowest BCUT2D eigenvalue weighted by Crippen LogP contribution is -2.43. The molecule has 0 unspecified atom stereocenters. The summed E-state index contributed by atoms with van der Waals surface area (Å²) in [4.78, 5) is 37.9. The second-order valence-electron chi connectivity index (χ2n) is 9.22. The molecule has 0 saturated carbocycles. The van der Waals surface area contributed by atoms with E-state index in [-0.39, 0.29) is 23.8 Å². The minimum absolute atomic E-state index is 0.00295. The minimum Gasteiger partial charge on any atom is -0.444 e. The Labute approximate surface area is 189 Å². The third-order valence-corrected chi connectivity index (χ3v) is 5.55. The van der Waals surface area contributed by atoms with Gasteiger partial charge in [0.25, 0.3) is 0 Å². The lowest BCUT2D eigenvalue weighted by Gasteiger charge is -2.30. The minimum atomic E-state index is -4.49. The number of nitrogens with zero attached hydrogens (tertiary/aromatic N) is 4. The molecule has 1 aromatic carbocycles. The highest BCUT2D eigenvalue weighted by Gasteiger charge is 2.44. The Bertz CT molecular complexity index is 1080. The van der Waals surface area contributed by atoms with Crippen molar-refractivity contribution >= 4 is 12.0 Å². The first-order valence-electron chi connectivity index (χ1n) is 10.8. The molecule has 2 amide bonds. The molecule has 1 aromatic heterocycles. The largest absolute Gasteiger partial charge is 0.444 e. The molecule has 1 atom stereocenters. The average Bonchev–Trinajstić information content (AvgIpc) is 3.39. The molecule has 0 N–H and O–H groups in total. The Morgan fingerprint density at radius 1 is 1.12 bits per heavy atom. The number of carbonyl (C=O) groups is 2. The molecule has 2 aliphatic heterocycles. The topological polar surface area (TPSA) is 75.6 Å². The third kappa shape index (κ3) is 4.79. The van der Waals surface area contributed by atoms with Crippen LogP contribution in [0.5, 0.6) is 0 Å². The van der Waals surface area contributed by atoms with Crippen LogP contribution in [0.2, 0.25) is 0 Å². The molecule has 3 heterocycles. The first-order chi connectivity index (χ1) is 15.4. The fourth-order valence-electron chi connectivity index (χ4n) is 4.04. The number of carbonyl (C=O) groups excluding carboxylic acids is 2. The van der Waals surface area contributed by atoms with E-state index in [1.165, 1.54) is 23.2 Å². The van der Waals surface area contributed by atoms with Gasteiger partial charge in [0.05, 0.1) is 17.8 Å². The van der Waals surface area contributed by atoms with Gasteiger partial charge in [0.15, 0.2) is 5.82 Å². The van der Waals surface area contributed by atoms with Crippen LogP contribution in [0.1, 0.15) is 56.5 Å². The van der Waals surface area contributed by atoms with Gasteiger partial charge in [-0.3, -0.25) is 9.69 Å². The number of halogens is 3. The van der Waals surface area contributed by atoms with E-state index in [1.54, 1.807) is 25.7 Å². The zero-order valence-corrected chi connectivity index (χ0v) is 18.6. The van der Waals surface area contributed by atoms with E-state index in [0.717, 1.165) is 25.0 Å². The summed E-state index contributed by atoms with van der Waals surface area (Å²) in [6, 6.07) is 3.82. The second-order valence-corrected chi connectivity index (χ2v) is 9.22. The van der Waals surface area contributed by atoms with Crippen molar-refractivity contribution in [2.75, 3.05) is 13.1 Å². The fourth-order valence-corrected chi connectivity index (χ4v) is 4.04. The molecule has 0 spiro atoms. The van der Waals surface area contributed by atoms with Crippen LogP contribution in [0.3, 0.4) is 0 Å². The van der Waals surface area contributed by atoms with Crippen LogP contribution < -0.4 is 0 Å². The molecule has 2 aliphatic rings. The summed E-state index contributed by atoms with van der Waals surface area (Å²) in [5, 5.41) is 0. The van der Waals surface area contributed by atoms with Crippen molar-refractivity contribution in [1.29, 1.82) is 0 Å². The quantitative estimate of drug-likeness (QED) is 0.653. The van der Waals surface area contributed by atoms with Crippen LogP contribution in [0.25, 0.3) is 11.4 Å². The summed E-state index contributed by atoms with van der Waals surface area (Å²) < 4.78 is 44.9. The highest BCUT2D eigenvalue weighted by atomic mass is 19.4. The van der Waals surface area contributed by atoms with E-state index in [1.807, 2.05) is 0 Å². The van der Waals surface area contributed by atoms with Gasteiger partial charge in [-0.15, -0.1) is 0 Å². The first kappa shape index (κ1) is 23.0. The molecule has 7 nitrogen and oxygen atoms in total. The molecule has 10 heteroatoms. The van der Waals surface area contributed by atoms with Gasteiger partial charge >= 0.3 is 12.3 Å².